The molecule has 5 heteroatoms. The number of hydrogen-bond acceptors (Lipinski definition) is 4. The molecule has 5 nitrogen and oxygen atoms in total. The van der Waals surface area contributed by atoms with Crippen molar-refractivity contribution in [2.24, 2.45) is 5.92 Å². The van der Waals surface area contributed by atoms with Crippen LogP contribution in [-0.2, 0) is 0 Å². The number of pyridine rings is 1. The van der Waals surface area contributed by atoms with E-state index in [-0.39, 0.29) is 0 Å². The number of anilines is 1. The molecule has 2 aromatic rings. The molecule has 0 radical (unpaired) electrons. The predicted octanol–water partition coefficient (Wildman–Crippen LogP) is 1.06. The average molecular weight is 231 g/mol. The van der Waals surface area contributed by atoms with E-state index < -0.39 is 0 Å². The summed E-state index contributed by atoms with van der Waals surface area (Å²) in [5, 5.41) is 11.1. The first kappa shape index (κ1) is 10.5. The van der Waals surface area contributed by atoms with E-state index in [1.165, 1.54) is 12.0 Å². The Balaban J connectivity index is 1.72. The van der Waals surface area contributed by atoms with Crippen molar-refractivity contribution in [1.82, 2.24) is 19.9 Å². The van der Waals surface area contributed by atoms with Gasteiger partial charge in [-0.25, -0.2) is 4.52 Å². The summed E-state index contributed by atoms with van der Waals surface area (Å²) in [6, 6.07) is 4.04. The molecule has 0 spiro atoms. The van der Waals surface area contributed by atoms with Gasteiger partial charge >= 0.3 is 0 Å². The third-order valence-corrected chi connectivity index (χ3v) is 3.19. The summed E-state index contributed by atoms with van der Waals surface area (Å²) in [4.78, 5) is 4.44. The highest BCUT2D eigenvalue weighted by Gasteiger charge is 2.14. The Morgan fingerprint density at radius 2 is 2.47 bits per heavy atom. The summed E-state index contributed by atoms with van der Waals surface area (Å²) in [6.07, 6.45) is 3.23. The van der Waals surface area contributed by atoms with Gasteiger partial charge in [-0.05, 0) is 44.0 Å². The largest absolute Gasteiger partial charge is 0.353 e. The Morgan fingerprint density at radius 3 is 3.29 bits per heavy atom. The van der Waals surface area contributed by atoms with Gasteiger partial charge in [0.05, 0.1) is 0 Å². The summed E-state index contributed by atoms with van der Waals surface area (Å²) in [6.45, 7) is 5.23. The smallest absolute Gasteiger partial charge is 0.243 e. The molecule has 0 amide bonds. The Morgan fingerprint density at radius 1 is 1.53 bits per heavy atom. The maximum absolute atomic E-state index is 4.44. The van der Waals surface area contributed by atoms with Gasteiger partial charge in [0.2, 0.25) is 5.95 Å². The Kier molecular flexibility index (Phi) is 2.68. The van der Waals surface area contributed by atoms with Crippen molar-refractivity contribution in [3.63, 3.8) is 0 Å². The normalized spacial score (nSPS) is 19.9. The van der Waals surface area contributed by atoms with Crippen LogP contribution in [0.15, 0.2) is 18.3 Å². The zero-order valence-corrected chi connectivity index (χ0v) is 9.98. The van der Waals surface area contributed by atoms with E-state index in [1.807, 2.05) is 16.8 Å². The zero-order chi connectivity index (χ0) is 11.7. The second-order valence-electron chi connectivity index (χ2n) is 4.68. The van der Waals surface area contributed by atoms with Crippen LogP contribution in [0.2, 0.25) is 0 Å². The standard InChI is InChI=1S/C12H17N5/c1-9-2-3-11-15-12(16-17(11)8-9)14-7-10-4-5-13-6-10/h2-3,8,10,13H,4-7H2,1H3,(H,14,16). The number of hydrogen-bond donors (Lipinski definition) is 2. The lowest BCUT2D eigenvalue weighted by Gasteiger charge is -2.07. The highest BCUT2D eigenvalue weighted by Crippen LogP contribution is 2.10. The molecule has 1 aliphatic heterocycles. The number of aromatic nitrogens is 3. The van der Waals surface area contributed by atoms with Crippen LogP contribution in [-0.4, -0.2) is 34.2 Å². The molecular weight excluding hydrogens is 214 g/mol. The number of nitrogens with zero attached hydrogens (tertiary/aromatic N) is 3. The topological polar surface area (TPSA) is 54.2 Å². The fourth-order valence-corrected chi connectivity index (χ4v) is 2.19. The lowest BCUT2D eigenvalue weighted by atomic mass is 10.1. The monoisotopic (exact) mass is 231 g/mol. The lowest BCUT2D eigenvalue weighted by Crippen LogP contribution is -2.17. The van der Waals surface area contributed by atoms with Crippen LogP contribution in [0.1, 0.15) is 12.0 Å². The van der Waals surface area contributed by atoms with Crippen LogP contribution in [0, 0.1) is 12.8 Å². The number of fused-ring (bicyclic) bond motifs is 1. The molecule has 3 heterocycles. The summed E-state index contributed by atoms with van der Waals surface area (Å²) < 4.78 is 1.82. The molecular formula is C12H17N5. The van der Waals surface area contributed by atoms with Gasteiger partial charge in [0.25, 0.3) is 0 Å². The molecule has 1 atom stereocenters. The van der Waals surface area contributed by atoms with Crippen LogP contribution < -0.4 is 10.6 Å². The Hall–Kier alpha value is -1.62. The molecule has 1 unspecified atom stereocenters. The molecule has 17 heavy (non-hydrogen) atoms. The highest BCUT2D eigenvalue weighted by atomic mass is 15.3. The fourth-order valence-electron chi connectivity index (χ4n) is 2.19. The Bertz CT molecular complexity index is 513. The summed E-state index contributed by atoms with van der Waals surface area (Å²) in [7, 11) is 0. The van der Waals surface area contributed by atoms with E-state index in [9.17, 15) is 0 Å². The third kappa shape index (κ3) is 2.24. The van der Waals surface area contributed by atoms with E-state index in [1.54, 1.807) is 0 Å². The van der Waals surface area contributed by atoms with Gasteiger partial charge in [0.1, 0.15) is 0 Å². The van der Waals surface area contributed by atoms with Gasteiger partial charge in [-0.3, -0.25) is 0 Å². The molecule has 2 N–H and O–H groups in total. The van der Waals surface area contributed by atoms with Crippen molar-refractivity contribution in [2.75, 3.05) is 25.0 Å². The second-order valence-corrected chi connectivity index (χ2v) is 4.68. The molecule has 90 valence electrons. The van der Waals surface area contributed by atoms with Crippen molar-refractivity contribution in [3.05, 3.63) is 23.9 Å². The van der Waals surface area contributed by atoms with Crippen LogP contribution in [0.4, 0.5) is 5.95 Å². The molecule has 1 saturated heterocycles. The quantitative estimate of drug-likeness (QED) is 0.829. The Labute approximate surface area is 100 Å². The van der Waals surface area contributed by atoms with Gasteiger partial charge in [0.15, 0.2) is 5.65 Å². The van der Waals surface area contributed by atoms with Crippen molar-refractivity contribution in [3.8, 4) is 0 Å². The highest BCUT2D eigenvalue weighted by molar-refractivity contribution is 5.44. The molecule has 3 rings (SSSR count). The first-order valence-electron chi connectivity index (χ1n) is 6.09. The molecule has 2 aromatic heterocycles. The van der Waals surface area contributed by atoms with E-state index >= 15 is 0 Å². The minimum absolute atomic E-state index is 0.698. The molecule has 0 aromatic carbocycles. The van der Waals surface area contributed by atoms with E-state index in [0.29, 0.717) is 5.92 Å². The molecule has 1 fully saturated rings. The van der Waals surface area contributed by atoms with Crippen molar-refractivity contribution < 1.29 is 0 Å². The average Bonchev–Trinajstić information content (AvgIpc) is 2.94. The van der Waals surface area contributed by atoms with Crippen LogP contribution in [0.5, 0.6) is 0 Å². The number of aryl methyl sites for hydroxylation is 1. The first-order valence-corrected chi connectivity index (χ1v) is 6.09. The molecule has 1 aliphatic rings. The van der Waals surface area contributed by atoms with Crippen LogP contribution in [0.25, 0.3) is 5.65 Å². The van der Waals surface area contributed by atoms with Crippen molar-refractivity contribution in [1.29, 1.82) is 0 Å². The SMILES string of the molecule is Cc1ccc2nc(NCC3CCNC3)nn2c1. The van der Waals surface area contributed by atoms with Gasteiger partial charge in [-0.2, -0.15) is 4.98 Å². The van der Waals surface area contributed by atoms with Gasteiger partial charge in [0, 0.05) is 12.7 Å². The van der Waals surface area contributed by atoms with E-state index in [4.69, 9.17) is 0 Å². The number of rotatable bonds is 3. The third-order valence-electron chi connectivity index (χ3n) is 3.19. The van der Waals surface area contributed by atoms with E-state index in [2.05, 4.69) is 33.7 Å². The van der Waals surface area contributed by atoms with Crippen LogP contribution in [0.3, 0.4) is 0 Å². The number of nitrogens with one attached hydrogen (secondary N) is 2. The van der Waals surface area contributed by atoms with Gasteiger partial charge < -0.3 is 10.6 Å². The summed E-state index contributed by atoms with van der Waals surface area (Å²) in [5.74, 6) is 1.42. The maximum Gasteiger partial charge on any atom is 0.243 e. The maximum atomic E-state index is 4.44. The minimum Gasteiger partial charge on any atom is -0.353 e. The molecule has 0 aliphatic carbocycles. The predicted molar refractivity (Wildman–Crippen MR) is 67.2 cm³/mol. The first-order chi connectivity index (χ1) is 8.31. The molecule has 0 saturated carbocycles. The second kappa shape index (κ2) is 4.33. The van der Waals surface area contributed by atoms with Gasteiger partial charge in [-0.15, -0.1) is 5.10 Å². The lowest BCUT2D eigenvalue weighted by molar-refractivity contribution is 0.613. The molecule has 0 bridgehead atoms. The minimum atomic E-state index is 0.698. The van der Waals surface area contributed by atoms with E-state index in [0.717, 1.165) is 31.2 Å². The van der Waals surface area contributed by atoms with Crippen LogP contribution >= 0.6 is 0 Å². The summed E-state index contributed by atoms with van der Waals surface area (Å²) in [5.41, 5.74) is 2.08. The fraction of sp³-hybridized carbons (Fsp3) is 0.500. The van der Waals surface area contributed by atoms with Crippen molar-refractivity contribution >= 4 is 11.6 Å². The zero-order valence-electron chi connectivity index (χ0n) is 9.98. The summed E-state index contributed by atoms with van der Waals surface area (Å²) >= 11 is 0. The van der Waals surface area contributed by atoms with Crippen molar-refractivity contribution in [2.45, 2.75) is 13.3 Å². The van der Waals surface area contributed by atoms with Gasteiger partial charge in [-0.1, -0.05) is 6.07 Å².